The monoisotopic (exact) mass is 338 g/mol. The number of benzene rings is 1. The summed E-state index contributed by atoms with van der Waals surface area (Å²) in [5.41, 5.74) is 4.58. The van der Waals surface area contributed by atoms with Crippen LogP contribution in [0.15, 0.2) is 63.0 Å². The predicted octanol–water partition coefficient (Wildman–Crippen LogP) is 2.61. The van der Waals surface area contributed by atoms with E-state index in [1.54, 1.807) is 19.1 Å². The Kier molecular flexibility index (Phi) is 4.65. The molecular weight excluding hydrogens is 320 g/mol. The molecule has 0 radical (unpaired) electrons. The average molecular weight is 338 g/mol. The van der Waals surface area contributed by atoms with Gasteiger partial charge in [-0.3, -0.25) is 14.7 Å². The van der Waals surface area contributed by atoms with Crippen LogP contribution in [0.5, 0.6) is 0 Å². The van der Waals surface area contributed by atoms with Gasteiger partial charge in [0.2, 0.25) is 0 Å². The standard InChI is InChI=1S/C18H18N4O3/c1-3-14(19-20-17(23)15-10-7-11-25-15)16-12(2)21-22(18(16)24)13-8-5-4-6-9-13/h4-11,21H,3H2,1-2H3,(H,20,23)/b19-14-. The lowest BCUT2D eigenvalue weighted by molar-refractivity contribution is 0.0927. The minimum Gasteiger partial charge on any atom is -0.459 e. The van der Waals surface area contributed by atoms with E-state index in [2.05, 4.69) is 15.6 Å². The number of hydrazone groups is 1. The van der Waals surface area contributed by atoms with Crippen LogP contribution < -0.4 is 11.0 Å². The molecule has 25 heavy (non-hydrogen) atoms. The highest BCUT2D eigenvalue weighted by Gasteiger charge is 2.17. The van der Waals surface area contributed by atoms with Gasteiger partial charge in [-0.05, 0) is 37.6 Å². The van der Waals surface area contributed by atoms with Crippen molar-refractivity contribution in [2.75, 3.05) is 0 Å². The number of hydrogen-bond acceptors (Lipinski definition) is 4. The normalized spacial score (nSPS) is 11.5. The maximum Gasteiger partial charge on any atom is 0.307 e. The van der Waals surface area contributed by atoms with Crippen LogP contribution in [0, 0.1) is 6.92 Å². The minimum absolute atomic E-state index is 0.159. The van der Waals surface area contributed by atoms with Crippen LogP contribution in [0.25, 0.3) is 5.69 Å². The topological polar surface area (TPSA) is 92.4 Å². The van der Waals surface area contributed by atoms with E-state index < -0.39 is 5.91 Å². The van der Waals surface area contributed by atoms with Crippen molar-refractivity contribution in [2.45, 2.75) is 20.3 Å². The molecule has 0 saturated carbocycles. The SMILES string of the molecule is CC/C(=N/NC(=O)c1ccco1)c1c(C)[nH]n(-c2ccccc2)c1=O. The number of furan rings is 1. The number of hydrogen-bond donors (Lipinski definition) is 2. The Morgan fingerprint density at radius 2 is 2.00 bits per heavy atom. The molecule has 0 bridgehead atoms. The molecule has 0 spiro atoms. The number of aryl methyl sites for hydroxylation is 1. The summed E-state index contributed by atoms with van der Waals surface area (Å²) >= 11 is 0. The maximum absolute atomic E-state index is 12.8. The Labute approximate surface area is 144 Å². The average Bonchev–Trinajstić information content (AvgIpc) is 3.26. The van der Waals surface area contributed by atoms with E-state index in [0.717, 1.165) is 5.69 Å². The van der Waals surface area contributed by atoms with E-state index in [1.165, 1.54) is 10.9 Å². The van der Waals surface area contributed by atoms with Crippen LogP contribution in [-0.2, 0) is 0 Å². The number of carbonyl (C=O) groups excluding carboxylic acids is 1. The first-order valence-electron chi connectivity index (χ1n) is 7.89. The molecule has 0 unspecified atom stereocenters. The van der Waals surface area contributed by atoms with E-state index >= 15 is 0 Å². The second kappa shape index (κ2) is 7.04. The van der Waals surface area contributed by atoms with Crippen molar-refractivity contribution >= 4 is 11.6 Å². The number of nitrogens with one attached hydrogen (secondary N) is 2. The number of carbonyl (C=O) groups is 1. The van der Waals surface area contributed by atoms with Gasteiger partial charge in [-0.1, -0.05) is 25.1 Å². The zero-order valence-corrected chi connectivity index (χ0v) is 13.9. The summed E-state index contributed by atoms with van der Waals surface area (Å²) in [6.45, 7) is 3.67. The molecule has 2 aromatic heterocycles. The molecule has 7 heteroatoms. The highest BCUT2D eigenvalue weighted by atomic mass is 16.3. The Morgan fingerprint density at radius 1 is 1.24 bits per heavy atom. The second-order valence-electron chi connectivity index (χ2n) is 5.42. The fraction of sp³-hybridized carbons (Fsp3) is 0.167. The number of amides is 1. The molecular formula is C18H18N4O3. The van der Waals surface area contributed by atoms with Crippen LogP contribution in [0.2, 0.25) is 0 Å². The van der Waals surface area contributed by atoms with Crippen molar-refractivity contribution in [3.63, 3.8) is 0 Å². The molecule has 0 aliphatic rings. The highest BCUT2D eigenvalue weighted by molar-refractivity contribution is 6.02. The summed E-state index contributed by atoms with van der Waals surface area (Å²) < 4.78 is 6.49. The van der Waals surface area contributed by atoms with Gasteiger partial charge in [0.25, 0.3) is 5.56 Å². The number of H-pyrrole nitrogens is 1. The van der Waals surface area contributed by atoms with Crippen molar-refractivity contribution in [3.8, 4) is 5.69 Å². The Morgan fingerprint density at radius 3 is 2.64 bits per heavy atom. The highest BCUT2D eigenvalue weighted by Crippen LogP contribution is 2.09. The van der Waals surface area contributed by atoms with Crippen LogP contribution >= 0.6 is 0 Å². The van der Waals surface area contributed by atoms with Gasteiger partial charge >= 0.3 is 5.91 Å². The van der Waals surface area contributed by atoms with E-state index in [4.69, 9.17) is 4.42 Å². The quantitative estimate of drug-likeness (QED) is 0.553. The molecule has 3 aromatic rings. The van der Waals surface area contributed by atoms with Gasteiger partial charge in [0.15, 0.2) is 5.76 Å². The Hall–Kier alpha value is -3.35. The third kappa shape index (κ3) is 3.30. The molecule has 0 atom stereocenters. The van der Waals surface area contributed by atoms with Gasteiger partial charge in [-0.2, -0.15) is 5.10 Å². The lowest BCUT2D eigenvalue weighted by Crippen LogP contribution is -2.24. The zero-order valence-electron chi connectivity index (χ0n) is 13.9. The van der Waals surface area contributed by atoms with Gasteiger partial charge in [0.1, 0.15) is 0 Å². The van der Waals surface area contributed by atoms with Gasteiger partial charge in [-0.25, -0.2) is 10.1 Å². The second-order valence-corrected chi connectivity index (χ2v) is 5.42. The predicted molar refractivity (Wildman–Crippen MR) is 94.1 cm³/mol. The van der Waals surface area contributed by atoms with E-state index in [0.29, 0.717) is 23.4 Å². The molecule has 2 N–H and O–H groups in total. The van der Waals surface area contributed by atoms with Crippen molar-refractivity contribution in [1.29, 1.82) is 0 Å². The molecule has 1 aromatic carbocycles. The number of aromatic nitrogens is 2. The minimum atomic E-state index is -0.465. The molecule has 2 heterocycles. The van der Waals surface area contributed by atoms with Crippen LogP contribution in [-0.4, -0.2) is 21.4 Å². The van der Waals surface area contributed by atoms with E-state index in [9.17, 15) is 9.59 Å². The summed E-state index contributed by atoms with van der Waals surface area (Å²) in [5.74, 6) is -0.306. The van der Waals surface area contributed by atoms with Crippen LogP contribution in [0.4, 0.5) is 0 Å². The number of para-hydroxylation sites is 1. The number of aromatic amines is 1. The van der Waals surface area contributed by atoms with Crippen molar-refractivity contribution in [2.24, 2.45) is 5.10 Å². The lowest BCUT2D eigenvalue weighted by atomic mass is 10.1. The first kappa shape index (κ1) is 16.5. The maximum atomic E-state index is 12.8. The van der Waals surface area contributed by atoms with Gasteiger partial charge < -0.3 is 4.42 Å². The fourth-order valence-corrected chi connectivity index (χ4v) is 2.54. The molecule has 0 aliphatic carbocycles. The van der Waals surface area contributed by atoms with Gasteiger partial charge in [0.05, 0.1) is 23.2 Å². The number of rotatable bonds is 5. The largest absolute Gasteiger partial charge is 0.459 e. The van der Waals surface area contributed by atoms with E-state index in [-0.39, 0.29) is 11.3 Å². The van der Waals surface area contributed by atoms with Crippen molar-refractivity contribution < 1.29 is 9.21 Å². The summed E-state index contributed by atoms with van der Waals surface area (Å²) in [6, 6.07) is 12.4. The fourth-order valence-electron chi connectivity index (χ4n) is 2.54. The molecule has 7 nitrogen and oxygen atoms in total. The Balaban J connectivity index is 1.94. The Bertz CT molecular complexity index is 950. The molecule has 1 amide bonds. The summed E-state index contributed by atoms with van der Waals surface area (Å²) in [5, 5.41) is 7.17. The van der Waals surface area contributed by atoms with E-state index in [1.807, 2.05) is 37.3 Å². The smallest absolute Gasteiger partial charge is 0.307 e. The van der Waals surface area contributed by atoms with Gasteiger partial charge in [-0.15, -0.1) is 0 Å². The van der Waals surface area contributed by atoms with Crippen molar-refractivity contribution in [3.05, 3.63) is 76.1 Å². The lowest BCUT2D eigenvalue weighted by Gasteiger charge is -2.02. The third-order valence-corrected chi connectivity index (χ3v) is 3.75. The number of nitrogens with zero attached hydrogens (tertiary/aromatic N) is 2. The molecule has 0 fully saturated rings. The molecule has 0 aliphatic heterocycles. The molecule has 3 rings (SSSR count). The summed E-state index contributed by atoms with van der Waals surface area (Å²) in [4.78, 5) is 24.7. The summed E-state index contributed by atoms with van der Waals surface area (Å²) in [6.07, 6.45) is 1.90. The first-order chi connectivity index (χ1) is 12.1. The van der Waals surface area contributed by atoms with Crippen LogP contribution in [0.1, 0.15) is 35.2 Å². The van der Waals surface area contributed by atoms with Gasteiger partial charge in [0, 0.05) is 5.69 Å². The molecule has 128 valence electrons. The molecule has 0 saturated heterocycles. The zero-order chi connectivity index (χ0) is 17.8. The first-order valence-corrected chi connectivity index (χ1v) is 7.89. The van der Waals surface area contributed by atoms with Crippen LogP contribution in [0.3, 0.4) is 0 Å². The summed E-state index contributed by atoms with van der Waals surface area (Å²) in [7, 11) is 0. The van der Waals surface area contributed by atoms with Crippen molar-refractivity contribution in [1.82, 2.24) is 15.2 Å². The third-order valence-electron chi connectivity index (χ3n) is 3.75.